The number of benzene rings is 3. The van der Waals surface area contributed by atoms with Gasteiger partial charge in [0, 0.05) is 11.6 Å². The zero-order valence-electron chi connectivity index (χ0n) is 17.5. The van der Waals surface area contributed by atoms with Crippen LogP contribution in [-0.4, -0.2) is 22.1 Å². The lowest BCUT2D eigenvalue weighted by Crippen LogP contribution is -2.33. The smallest absolute Gasteiger partial charge is 0.259 e. The largest absolute Gasteiger partial charge is 0.350 e. The molecule has 3 aromatic rings. The van der Waals surface area contributed by atoms with E-state index in [9.17, 15) is 13.8 Å². The Hall–Kier alpha value is -3.25. The summed E-state index contributed by atoms with van der Waals surface area (Å²) in [5.74, 6) is -0.442. The Morgan fingerprint density at radius 3 is 2.45 bits per heavy atom. The molecular formula is C25H24N2O3S. The second-order valence-corrected chi connectivity index (χ2v) is 9.02. The lowest BCUT2D eigenvalue weighted by molar-refractivity contribution is 0.0936. The Balaban J connectivity index is 1.84. The van der Waals surface area contributed by atoms with Gasteiger partial charge in [-0.15, -0.1) is 0 Å². The van der Waals surface area contributed by atoms with E-state index in [-0.39, 0.29) is 17.9 Å². The monoisotopic (exact) mass is 432 g/mol. The van der Waals surface area contributed by atoms with Gasteiger partial charge in [0.15, 0.2) is 0 Å². The van der Waals surface area contributed by atoms with E-state index in [1.54, 1.807) is 47.4 Å². The van der Waals surface area contributed by atoms with Crippen molar-refractivity contribution in [1.29, 1.82) is 0 Å². The fourth-order valence-corrected chi connectivity index (χ4v) is 4.88. The van der Waals surface area contributed by atoms with Gasteiger partial charge in [0.25, 0.3) is 11.8 Å². The molecule has 2 atom stereocenters. The van der Waals surface area contributed by atoms with Crippen LogP contribution >= 0.6 is 0 Å². The van der Waals surface area contributed by atoms with Gasteiger partial charge in [0.05, 0.1) is 38.4 Å². The number of anilines is 1. The molecule has 6 heteroatoms. The maximum absolute atomic E-state index is 13.5. The Morgan fingerprint density at radius 2 is 1.71 bits per heavy atom. The molecule has 4 rings (SSSR count). The van der Waals surface area contributed by atoms with Crippen LogP contribution in [0.5, 0.6) is 0 Å². The molecule has 3 aromatic carbocycles. The summed E-state index contributed by atoms with van der Waals surface area (Å²) in [5.41, 5.74) is 2.30. The van der Waals surface area contributed by atoms with Crippen molar-refractivity contribution in [2.45, 2.75) is 42.6 Å². The van der Waals surface area contributed by atoms with Crippen molar-refractivity contribution in [3.8, 4) is 0 Å². The molecule has 158 valence electrons. The number of rotatable bonds is 5. The van der Waals surface area contributed by atoms with Crippen molar-refractivity contribution < 1.29 is 13.8 Å². The van der Waals surface area contributed by atoms with Gasteiger partial charge in [0.2, 0.25) is 0 Å². The first-order chi connectivity index (χ1) is 15.0. The SMILES string of the molecule is CCC(C)NC(=O)c1ccc2c(c1)N(Cc1ccccc1)C(=O)c1ccccc1S2=O. The molecule has 0 aliphatic carbocycles. The third-order valence-corrected chi connectivity index (χ3v) is 6.95. The van der Waals surface area contributed by atoms with Crippen LogP contribution in [0.15, 0.2) is 82.6 Å². The van der Waals surface area contributed by atoms with Gasteiger partial charge in [-0.2, -0.15) is 0 Å². The second kappa shape index (κ2) is 8.86. The number of hydrogen-bond donors (Lipinski definition) is 1. The van der Waals surface area contributed by atoms with Crippen molar-refractivity contribution >= 4 is 28.3 Å². The van der Waals surface area contributed by atoms with Crippen LogP contribution in [0.25, 0.3) is 0 Å². The molecule has 1 N–H and O–H groups in total. The maximum atomic E-state index is 13.5. The Morgan fingerprint density at radius 1 is 1.00 bits per heavy atom. The van der Waals surface area contributed by atoms with E-state index in [1.807, 2.05) is 44.2 Å². The van der Waals surface area contributed by atoms with E-state index < -0.39 is 10.8 Å². The van der Waals surface area contributed by atoms with Gasteiger partial charge >= 0.3 is 0 Å². The van der Waals surface area contributed by atoms with Crippen LogP contribution in [0.2, 0.25) is 0 Å². The highest BCUT2D eigenvalue weighted by molar-refractivity contribution is 7.85. The minimum Gasteiger partial charge on any atom is -0.350 e. The van der Waals surface area contributed by atoms with E-state index in [1.165, 1.54) is 0 Å². The van der Waals surface area contributed by atoms with Crippen LogP contribution < -0.4 is 10.2 Å². The molecule has 1 aliphatic rings. The molecule has 0 bridgehead atoms. The molecule has 0 saturated carbocycles. The molecule has 31 heavy (non-hydrogen) atoms. The van der Waals surface area contributed by atoms with E-state index >= 15 is 0 Å². The van der Waals surface area contributed by atoms with E-state index in [2.05, 4.69) is 5.32 Å². The summed E-state index contributed by atoms with van der Waals surface area (Å²) in [7, 11) is -1.53. The molecule has 2 unspecified atom stereocenters. The summed E-state index contributed by atoms with van der Waals surface area (Å²) in [5, 5.41) is 2.95. The third kappa shape index (κ3) is 4.16. The second-order valence-electron chi connectivity index (χ2n) is 7.61. The number of amides is 2. The molecule has 2 amide bonds. The van der Waals surface area contributed by atoms with Gasteiger partial charge in [0.1, 0.15) is 0 Å². The summed E-state index contributed by atoms with van der Waals surface area (Å²) in [6, 6.07) is 21.7. The van der Waals surface area contributed by atoms with Gasteiger partial charge in [-0.25, -0.2) is 4.21 Å². The molecule has 0 saturated heterocycles. The summed E-state index contributed by atoms with van der Waals surface area (Å²) in [4.78, 5) is 28.9. The summed E-state index contributed by atoms with van der Waals surface area (Å²) in [6.45, 7) is 4.26. The summed E-state index contributed by atoms with van der Waals surface area (Å²) in [6.07, 6.45) is 0.814. The fourth-order valence-electron chi connectivity index (χ4n) is 3.54. The van der Waals surface area contributed by atoms with Crippen LogP contribution in [0.4, 0.5) is 5.69 Å². The Kier molecular flexibility index (Phi) is 6.00. The van der Waals surface area contributed by atoms with E-state index in [0.29, 0.717) is 33.2 Å². The van der Waals surface area contributed by atoms with Gasteiger partial charge in [-0.05, 0) is 49.2 Å². The molecule has 5 nitrogen and oxygen atoms in total. The highest BCUT2D eigenvalue weighted by Gasteiger charge is 2.31. The molecule has 0 spiro atoms. The number of carbonyl (C=O) groups excluding carboxylic acids is 2. The van der Waals surface area contributed by atoms with E-state index in [4.69, 9.17) is 0 Å². The van der Waals surface area contributed by atoms with Crippen molar-refractivity contribution in [2.75, 3.05) is 4.90 Å². The van der Waals surface area contributed by atoms with Crippen LogP contribution in [-0.2, 0) is 17.3 Å². The first-order valence-corrected chi connectivity index (χ1v) is 11.5. The fraction of sp³-hybridized carbons (Fsp3) is 0.200. The zero-order chi connectivity index (χ0) is 22.0. The number of carbonyl (C=O) groups is 2. The predicted octanol–water partition coefficient (Wildman–Crippen LogP) is 4.54. The van der Waals surface area contributed by atoms with Crippen molar-refractivity contribution in [3.05, 3.63) is 89.5 Å². The standard InChI is InChI=1S/C25H24N2O3S/c1-3-17(2)26-24(28)19-13-14-23-21(15-19)27(16-18-9-5-4-6-10-18)25(29)20-11-7-8-12-22(20)31(23)30/h4-15,17H,3,16H2,1-2H3,(H,26,28). The van der Waals surface area contributed by atoms with Crippen LogP contribution in [0.1, 0.15) is 46.5 Å². The lowest BCUT2D eigenvalue weighted by Gasteiger charge is -2.24. The minimum atomic E-state index is -1.53. The molecule has 1 heterocycles. The molecule has 1 aliphatic heterocycles. The van der Waals surface area contributed by atoms with Gasteiger partial charge < -0.3 is 10.2 Å². The maximum Gasteiger partial charge on any atom is 0.259 e. The number of hydrogen-bond acceptors (Lipinski definition) is 3. The average Bonchev–Trinajstić information content (AvgIpc) is 2.89. The highest BCUT2D eigenvalue weighted by atomic mass is 32.2. The first-order valence-electron chi connectivity index (χ1n) is 10.3. The van der Waals surface area contributed by atoms with Crippen molar-refractivity contribution in [1.82, 2.24) is 5.32 Å². The summed E-state index contributed by atoms with van der Waals surface area (Å²) < 4.78 is 13.4. The predicted molar refractivity (Wildman–Crippen MR) is 122 cm³/mol. The first kappa shape index (κ1) is 21.0. The molecule has 0 fully saturated rings. The molecular weight excluding hydrogens is 408 g/mol. The number of nitrogens with one attached hydrogen (secondary N) is 1. The molecule has 0 radical (unpaired) electrons. The van der Waals surface area contributed by atoms with Crippen molar-refractivity contribution in [3.63, 3.8) is 0 Å². The number of nitrogens with zero attached hydrogens (tertiary/aromatic N) is 1. The minimum absolute atomic E-state index is 0.0340. The third-order valence-electron chi connectivity index (χ3n) is 5.45. The zero-order valence-corrected chi connectivity index (χ0v) is 18.3. The average molecular weight is 433 g/mol. The Bertz CT molecular complexity index is 1160. The Labute approximate surface area is 184 Å². The highest BCUT2D eigenvalue weighted by Crippen LogP contribution is 2.36. The van der Waals surface area contributed by atoms with Crippen LogP contribution in [0, 0.1) is 0 Å². The van der Waals surface area contributed by atoms with Crippen molar-refractivity contribution in [2.24, 2.45) is 0 Å². The molecule has 0 aromatic heterocycles. The number of fused-ring (bicyclic) bond motifs is 2. The van der Waals surface area contributed by atoms with Gasteiger partial charge in [-0.1, -0.05) is 49.4 Å². The lowest BCUT2D eigenvalue weighted by atomic mass is 10.1. The van der Waals surface area contributed by atoms with Crippen LogP contribution in [0.3, 0.4) is 0 Å². The van der Waals surface area contributed by atoms with E-state index in [0.717, 1.165) is 12.0 Å². The quantitative estimate of drug-likeness (QED) is 0.644. The summed E-state index contributed by atoms with van der Waals surface area (Å²) >= 11 is 0. The van der Waals surface area contributed by atoms with Gasteiger partial charge in [-0.3, -0.25) is 9.59 Å². The topological polar surface area (TPSA) is 66.5 Å². The normalized spacial score (nSPS) is 16.1.